The van der Waals surface area contributed by atoms with Crippen LogP contribution >= 0.6 is 27.7 Å². The molecule has 0 aliphatic rings. The van der Waals surface area contributed by atoms with Gasteiger partial charge in [-0.2, -0.15) is 0 Å². The fourth-order valence-electron chi connectivity index (χ4n) is 1.75. The van der Waals surface area contributed by atoms with Crippen LogP contribution in [0.4, 0.5) is 0 Å². The van der Waals surface area contributed by atoms with Gasteiger partial charge in [0.1, 0.15) is 0 Å². The predicted molar refractivity (Wildman–Crippen MR) is 89.7 cm³/mol. The molecule has 2 N–H and O–H groups in total. The Bertz CT molecular complexity index is 657. The molecule has 1 aromatic heterocycles. The first-order valence-electron chi connectivity index (χ1n) is 6.77. The van der Waals surface area contributed by atoms with Gasteiger partial charge >= 0.3 is 0 Å². The van der Waals surface area contributed by atoms with E-state index in [1.165, 1.54) is 29.6 Å². The van der Waals surface area contributed by atoms with Gasteiger partial charge < -0.3 is 10.3 Å². The number of nitrogens with zero attached hydrogens (tertiary/aromatic N) is 1. The zero-order chi connectivity index (χ0) is 15.2. The molecule has 1 aromatic carbocycles. The molecule has 2 aromatic rings. The van der Waals surface area contributed by atoms with Gasteiger partial charge in [0, 0.05) is 28.2 Å². The fourth-order valence-corrected chi connectivity index (χ4v) is 3.19. The largest absolute Gasteiger partial charge is 0.312 e. The van der Waals surface area contributed by atoms with Crippen molar-refractivity contribution >= 4 is 27.7 Å². The van der Waals surface area contributed by atoms with Crippen LogP contribution in [0.2, 0.25) is 0 Å². The van der Waals surface area contributed by atoms with Crippen molar-refractivity contribution in [3.05, 3.63) is 50.9 Å². The van der Waals surface area contributed by atoms with Crippen molar-refractivity contribution < 1.29 is 0 Å². The Morgan fingerprint density at radius 2 is 2.19 bits per heavy atom. The van der Waals surface area contributed by atoms with Crippen molar-refractivity contribution in [3.63, 3.8) is 0 Å². The van der Waals surface area contributed by atoms with E-state index in [2.05, 4.69) is 57.2 Å². The number of hydrogen-bond donors (Lipinski definition) is 2. The second kappa shape index (κ2) is 7.77. The molecule has 0 unspecified atom stereocenters. The molecule has 0 bridgehead atoms. The minimum absolute atomic E-state index is 0.141. The average molecular weight is 368 g/mol. The van der Waals surface area contributed by atoms with Crippen LogP contribution < -0.4 is 10.9 Å². The Labute approximate surface area is 136 Å². The Hall–Kier alpha value is -1.11. The van der Waals surface area contributed by atoms with Crippen LogP contribution in [-0.2, 0) is 6.54 Å². The van der Waals surface area contributed by atoms with Gasteiger partial charge in [-0.3, -0.25) is 4.79 Å². The third kappa shape index (κ3) is 5.30. The van der Waals surface area contributed by atoms with Gasteiger partial charge in [-0.15, -0.1) is 0 Å². The molecule has 0 atom stereocenters. The standard InChI is InChI=1S/C15H18BrN3OS/c1-10(2)8-17-9-11-3-4-13(12(16)7-11)21-15-18-6-5-14(20)19-15/h3-7,10,17H,8-9H2,1-2H3,(H,18,19,20). The van der Waals surface area contributed by atoms with Crippen molar-refractivity contribution in [2.24, 2.45) is 5.92 Å². The van der Waals surface area contributed by atoms with Gasteiger partial charge in [-0.1, -0.05) is 31.7 Å². The van der Waals surface area contributed by atoms with Gasteiger partial charge in [0.2, 0.25) is 0 Å². The van der Waals surface area contributed by atoms with Gasteiger partial charge in [0.25, 0.3) is 5.56 Å². The van der Waals surface area contributed by atoms with Crippen molar-refractivity contribution in [1.82, 2.24) is 15.3 Å². The smallest absolute Gasteiger partial charge is 0.251 e. The van der Waals surface area contributed by atoms with Crippen LogP contribution in [-0.4, -0.2) is 16.5 Å². The Morgan fingerprint density at radius 1 is 1.38 bits per heavy atom. The summed E-state index contributed by atoms with van der Waals surface area (Å²) in [6, 6.07) is 7.62. The normalized spacial score (nSPS) is 11.0. The first-order valence-corrected chi connectivity index (χ1v) is 8.38. The quantitative estimate of drug-likeness (QED) is 0.767. The molecule has 0 saturated heterocycles. The topological polar surface area (TPSA) is 57.8 Å². The number of halogens is 1. The van der Waals surface area contributed by atoms with Crippen LogP contribution in [0, 0.1) is 5.92 Å². The maximum atomic E-state index is 11.3. The summed E-state index contributed by atoms with van der Waals surface area (Å²) in [5, 5.41) is 4.01. The molecule has 0 aliphatic heterocycles. The van der Waals surface area contributed by atoms with Gasteiger partial charge in [0.05, 0.1) is 0 Å². The summed E-state index contributed by atoms with van der Waals surface area (Å²) in [6.07, 6.45) is 1.51. The number of aromatic amines is 1. The Kier molecular flexibility index (Phi) is 6.02. The van der Waals surface area contributed by atoms with Crippen LogP contribution in [0.5, 0.6) is 0 Å². The zero-order valence-electron chi connectivity index (χ0n) is 12.0. The van der Waals surface area contributed by atoms with Crippen LogP contribution in [0.15, 0.2) is 49.8 Å². The number of nitrogens with one attached hydrogen (secondary N) is 2. The van der Waals surface area contributed by atoms with E-state index in [9.17, 15) is 4.79 Å². The summed E-state index contributed by atoms with van der Waals surface area (Å²) in [5.41, 5.74) is 1.08. The second-order valence-electron chi connectivity index (χ2n) is 5.13. The van der Waals surface area contributed by atoms with Crippen LogP contribution in [0.3, 0.4) is 0 Å². The van der Waals surface area contributed by atoms with Crippen molar-refractivity contribution in [1.29, 1.82) is 0 Å². The fraction of sp³-hybridized carbons (Fsp3) is 0.333. The van der Waals surface area contributed by atoms with E-state index >= 15 is 0 Å². The molecular weight excluding hydrogens is 350 g/mol. The SMILES string of the molecule is CC(C)CNCc1ccc(Sc2nccc(=O)[nH]2)c(Br)c1. The summed E-state index contributed by atoms with van der Waals surface area (Å²) >= 11 is 5.01. The van der Waals surface area contributed by atoms with E-state index in [0.717, 1.165) is 22.5 Å². The molecule has 2 rings (SSSR count). The van der Waals surface area contributed by atoms with E-state index in [0.29, 0.717) is 11.1 Å². The molecule has 112 valence electrons. The average Bonchev–Trinajstić information content (AvgIpc) is 2.41. The highest BCUT2D eigenvalue weighted by Crippen LogP contribution is 2.31. The lowest BCUT2D eigenvalue weighted by Gasteiger charge is -2.09. The predicted octanol–water partition coefficient (Wildman–Crippen LogP) is 3.43. The number of hydrogen-bond acceptors (Lipinski definition) is 4. The second-order valence-corrected chi connectivity index (χ2v) is 7.02. The molecule has 0 amide bonds. The van der Waals surface area contributed by atoms with Gasteiger partial charge in [-0.05, 0) is 46.1 Å². The minimum Gasteiger partial charge on any atom is -0.312 e. The van der Waals surface area contributed by atoms with Crippen molar-refractivity contribution in [2.45, 2.75) is 30.4 Å². The summed E-state index contributed by atoms with van der Waals surface area (Å²) < 4.78 is 1.00. The van der Waals surface area contributed by atoms with Gasteiger partial charge in [-0.25, -0.2) is 4.98 Å². The highest BCUT2D eigenvalue weighted by atomic mass is 79.9. The Balaban J connectivity index is 2.03. The lowest BCUT2D eigenvalue weighted by atomic mass is 10.2. The molecule has 0 saturated carbocycles. The summed E-state index contributed by atoms with van der Waals surface area (Å²) in [6.45, 7) is 6.23. The van der Waals surface area contributed by atoms with Crippen molar-refractivity contribution in [2.75, 3.05) is 6.54 Å². The van der Waals surface area contributed by atoms with E-state index in [4.69, 9.17) is 0 Å². The maximum Gasteiger partial charge on any atom is 0.251 e. The number of benzene rings is 1. The molecule has 0 aliphatic carbocycles. The number of H-pyrrole nitrogens is 1. The molecule has 4 nitrogen and oxygen atoms in total. The number of aromatic nitrogens is 2. The molecule has 0 fully saturated rings. The minimum atomic E-state index is -0.141. The summed E-state index contributed by atoms with van der Waals surface area (Å²) in [7, 11) is 0. The van der Waals surface area contributed by atoms with E-state index in [1.807, 2.05) is 6.07 Å². The Morgan fingerprint density at radius 3 is 2.86 bits per heavy atom. The lowest BCUT2D eigenvalue weighted by molar-refractivity contribution is 0.552. The zero-order valence-corrected chi connectivity index (χ0v) is 14.4. The summed E-state index contributed by atoms with van der Waals surface area (Å²) in [5.74, 6) is 0.643. The summed E-state index contributed by atoms with van der Waals surface area (Å²) in [4.78, 5) is 19.1. The molecule has 21 heavy (non-hydrogen) atoms. The molecular formula is C15H18BrN3OS. The highest BCUT2D eigenvalue weighted by Gasteiger charge is 2.06. The van der Waals surface area contributed by atoms with E-state index in [-0.39, 0.29) is 5.56 Å². The molecule has 1 heterocycles. The van der Waals surface area contributed by atoms with Gasteiger partial charge in [0.15, 0.2) is 5.16 Å². The number of rotatable bonds is 6. The van der Waals surface area contributed by atoms with Crippen LogP contribution in [0.25, 0.3) is 0 Å². The third-order valence-electron chi connectivity index (χ3n) is 2.73. The molecule has 0 radical (unpaired) electrons. The van der Waals surface area contributed by atoms with E-state index in [1.54, 1.807) is 0 Å². The first kappa shape index (κ1) is 16.3. The molecule has 6 heteroatoms. The van der Waals surface area contributed by atoms with E-state index < -0.39 is 0 Å². The monoisotopic (exact) mass is 367 g/mol. The van der Waals surface area contributed by atoms with Crippen molar-refractivity contribution in [3.8, 4) is 0 Å². The highest BCUT2D eigenvalue weighted by molar-refractivity contribution is 9.10. The molecule has 0 spiro atoms. The third-order valence-corrected chi connectivity index (χ3v) is 4.63. The lowest BCUT2D eigenvalue weighted by Crippen LogP contribution is -2.18. The first-order chi connectivity index (χ1) is 10.0. The maximum absolute atomic E-state index is 11.3. The van der Waals surface area contributed by atoms with Crippen LogP contribution in [0.1, 0.15) is 19.4 Å².